The molecule has 2 unspecified atom stereocenters. The fraction of sp³-hybridized carbons (Fsp3) is 0.750. The Morgan fingerprint density at radius 1 is 0.917 bits per heavy atom. The van der Waals surface area contributed by atoms with E-state index in [4.69, 9.17) is 10.2 Å². The molecule has 0 aromatic rings. The second-order valence-electron chi connectivity index (χ2n) is 2.57. The largest absolute Gasteiger partial charge is 0.386 e. The third-order valence-electron chi connectivity index (χ3n) is 1.18. The highest BCUT2D eigenvalue weighted by Gasteiger charge is 1.97. The molecule has 12 heavy (non-hydrogen) atoms. The minimum atomic E-state index is -0.787. The molecule has 0 spiro atoms. The number of carbonyl (C=O) groups is 2. The van der Waals surface area contributed by atoms with Crippen LogP contribution in [0.5, 0.6) is 0 Å². The summed E-state index contributed by atoms with van der Waals surface area (Å²) >= 11 is 0. The van der Waals surface area contributed by atoms with Crippen LogP contribution >= 0.6 is 0 Å². The lowest BCUT2D eigenvalue weighted by Gasteiger charge is -1.90. The number of rotatable bonds is 2. The maximum Gasteiger partial charge on any atom is 0.157 e. The van der Waals surface area contributed by atoms with Gasteiger partial charge in [0, 0.05) is 0 Å². The molecular weight excluding hydrogens is 160 g/mol. The fourth-order valence-corrected chi connectivity index (χ4v) is 0. The van der Waals surface area contributed by atoms with E-state index in [0.29, 0.717) is 0 Å². The molecule has 0 aromatic carbocycles. The zero-order valence-electron chi connectivity index (χ0n) is 7.87. The van der Waals surface area contributed by atoms with Gasteiger partial charge in [-0.3, -0.25) is 9.59 Å². The summed E-state index contributed by atoms with van der Waals surface area (Å²) in [6.07, 6.45) is -1.57. The third-order valence-corrected chi connectivity index (χ3v) is 1.18. The van der Waals surface area contributed by atoms with E-state index in [-0.39, 0.29) is 11.6 Å². The van der Waals surface area contributed by atoms with Crippen molar-refractivity contribution in [2.24, 2.45) is 0 Å². The van der Waals surface area contributed by atoms with E-state index in [0.717, 1.165) is 0 Å². The average molecular weight is 176 g/mol. The molecule has 0 rings (SSSR count). The van der Waals surface area contributed by atoms with Crippen molar-refractivity contribution in [1.29, 1.82) is 0 Å². The predicted octanol–water partition coefficient (Wildman–Crippen LogP) is -0.0876. The zero-order valence-corrected chi connectivity index (χ0v) is 7.87. The first kappa shape index (κ1) is 13.8. The van der Waals surface area contributed by atoms with Gasteiger partial charge in [0.2, 0.25) is 0 Å². The maximum absolute atomic E-state index is 9.89. The van der Waals surface area contributed by atoms with Crippen molar-refractivity contribution in [3.63, 3.8) is 0 Å². The Hall–Kier alpha value is -0.740. The topological polar surface area (TPSA) is 74.6 Å². The first-order valence-electron chi connectivity index (χ1n) is 3.66. The molecule has 0 saturated carbocycles. The zero-order chi connectivity index (χ0) is 10.3. The number of aliphatic hydroxyl groups excluding tert-OH is 2. The molecule has 0 bridgehead atoms. The van der Waals surface area contributed by atoms with Crippen LogP contribution in [-0.4, -0.2) is 34.0 Å². The molecule has 72 valence electrons. The molecule has 0 aliphatic rings. The van der Waals surface area contributed by atoms with Gasteiger partial charge in [0.25, 0.3) is 0 Å². The van der Waals surface area contributed by atoms with Gasteiger partial charge < -0.3 is 10.2 Å². The van der Waals surface area contributed by atoms with Gasteiger partial charge in [0.05, 0.1) is 0 Å². The maximum atomic E-state index is 9.89. The van der Waals surface area contributed by atoms with Gasteiger partial charge in [0.1, 0.15) is 12.2 Å². The van der Waals surface area contributed by atoms with Crippen molar-refractivity contribution >= 4 is 11.6 Å². The van der Waals surface area contributed by atoms with Gasteiger partial charge in [-0.25, -0.2) is 0 Å². The Morgan fingerprint density at radius 2 is 1.00 bits per heavy atom. The van der Waals surface area contributed by atoms with Crippen molar-refractivity contribution in [3.8, 4) is 0 Å². The molecule has 0 fully saturated rings. The smallest absolute Gasteiger partial charge is 0.157 e. The van der Waals surface area contributed by atoms with Crippen molar-refractivity contribution in [2.75, 3.05) is 0 Å². The highest BCUT2D eigenvalue weighted by molar-refractivity contribution is 5.79. The van der Waals surface area contributed by atoms with Crippen LogP contribution in [0.15, 0.2) is 0 Å². The Balaban J connectivity index is 0. The van der Waals surface area contributed by atoms with E-state index >= 15 is 0 Å². The molecule has 0 saturated heterocycles. The molecule has 0 aromatic heterocycles. The van der Waals surface area contributed by atoms with Crippen LogP contribution in [0.2, 0.25) is 0 Å². The summed E-state index contributed by atoms with van der Waals surface area (Å²) in [5.74, 6) is -0.370. The molecule has 0 aliphatic carbocycles. The van der Waals surface area contributed by atoms with Crippen molar-refractivity contribution in [3.05, 3.63) is 0 Å². The first-order valence-corrected chi connectivity index (χ1v) is 3.66. The van der Waals surface area contributed by atoms with E-state index < -0.39 is 12.2 Å². The van der Waals surface area contributed by atoms with Gasteiger partial charge in [-0.2, -0.15) is 0 Å². The summed E-state index contributed by atoms with van der Waals surface area (Å²) in [7, 11) is 0. The minimum absolute atomic E-state index is 0.185. The quantitative estimate of drug-likeness (QED) is 0.616. The average Bonchev–Trinajstić information content (AvgIpc) is 1.88. The lowest BCUT2D eigenvalue weighted by Crippen LogP contribution is -2.10. The Kier molecular flexibility index (Phi) is 7.99. The number of aliphatic hydroxyl groups is 2. The van der Waals surface area contributed by atoms with Gasteiger partial charge in [-0.1, -0.05) is 0 Å². The number of hydrogen-bond acceptors (Lipinski definition) is 4. The molecule has 2 atom stereocenters. The molecule has 2 N–H and O–H groups in total. The van der Waals surface area contributed by atoms with Crippen molar-refractivity contribution < 1.29 is 19.8 Å². The van der Waals surface area contributed by atoms with E-state index in [1.807, 2.05) is 0 Å². The van der Waals surface area contributed by atoms with Gasteiger partial charge in [0.15, 0.2) is 11.6 Å². The van der Waals surface area contributed by atoms with Crippen LogP contribution in [0.3, 0.4) is 0 Å². The Labute approximate surface area is 72.2 Å². The van der Waals surface area contributed by atoms with Crippen LogP contribution in [0.25, 0.3) is 0 Å². The SMILES string of the molecule is CC(=O)C(C)O.CC(=O)C(C)O. The second kappa shape index (κ2) is 6.94. The number of carbonyl (C=O) groups excluding carboxylic acids is 2. The summed E-state index contributed by atoms with van der Waals surface area (Å²) in [5.41, 5.74) is 0. The monoisotopic (exact) mass is 176 g/mol. The van der Waals surface area contributed by atoms with E-state index in [9.17, 15) is 9.59 Å². The lowest BCUT2D eigenvalue weighted by molar-refractivity contribution is -0.124. The van der Waals surface area contributed by atoms with Crippen LogP contribution in [-0.2, 0) is 9.59 Å². The molecule has 4 heteroatoms. The lowest BCUT2D eigenvalue weighted by atomic mass is 10.3. The summed E-state index contributed by atoms with van der Waals surface area (Å²) in [6, 6.07) is 0. The number of ketones is 2. The van der Waals surface area contributed by atoms with Gasteiger partial charge in [-0.05, 0) is 27.7 Å². The highest BCUT2D eigenvalue weighted by atomic mass is 16.3. The molecular formula is C8H16O4. The number of Topliss-reactive ketones (excluding diaryl/α,β-unsaturated/α-hetero) is 2. The van der Waals surface area contributed by atoms with Crippen LogP contribution in [0.4, 0.5) is 0 Å². The summed E-state index contributed by atoms with van der Waals surface area (Å²) in [4.78, 5) is 19.8. The van der Waals surface area contributed by atoms with Crippen molar-refractivity contribution in [1.82, 2.24) is 0 Å². The normalized spacial score (nSPS) is 13.8. The van der Waals surface area contributed by atoms with Crippen LogP contribution in [0, 0.1) is 0 Å². The summed E-state index contributed by atoms with van der Waals surface area (Å²) in [5, 5.41) is 16.6. The third kappa shape index (κ3) is 12.0. The minimum Gasteiger partial charge on any atom is -0.386 e. The molecule has 0 amide bonds. The first-order chi connectivity index (χ1) is 5.29. The van der Waals surface area contributed by atoms with Crippen LogP contribution < -0.4 is 0 Å². The Morgan fingerprint density at radius 3 is 1.00 bits per heavy atom. The van der Waals surface area contributed by atoms with E-state index in [2.05, 4.69) is 0 Å². The van der Waals surface area contributed by atoms with E-state index in [1.54, 1.807) is 0 Å². The predicted molar refractivity (Wildman–Crippen MR) is 44.7 cm³/mol. The second-order valence-corrected chi connectivity index (χ2v) is 2.57. The van der Waals surface area contributed by atoms with Crippen LogP contribution in [0.1, 0.15) is 27.7 Å². The van der Waals surface area contributed by atoms with Crippen molar-refractivity contribution in [2.45, 2.75) is 39.9 Å². The van der Waals surface area contributed by atoms with E-state index in [1.165, 1.54) is 27.7 Å². The van der Waals surface area contributed by atoms with Gasteiger partial charge >= 0.3 is 0 Å². The highest BCUT2D eigenvalue weighted by Crippen LogP contribution is 1.77. The summed E-state index contributed by atoms with van der Waals surface area (Å²) in [6.45, 7) is 5.60. The van der Waals surface area contributed by atoms with Gasteiger partial charge in [-0.15, -0.1) is 0 Å². The molecule has 0 radical (unpaired) electrons. The molecule has 4 nitrogen and oxygen atoms in total. The number of hydrogen-bond donors (Lipinski definition) is 2. The summed E-state index contributed by atoms with van der Waals surface area (Å²) < 4.78 is 0. The Bertz CT molecular complexity index is 131. The standard InChI is InChI=1S/2C4H8O2/c2*1-3(5)4(2)6/h2*3,5H,1-2H3. The molecule has 0 aliphatic heterocycles. The fourth-order valence-electron chi connectivity index (χ4n) is 0. The molecule has 0 heterocycles.